The maximum Gasteiger partial charge on any atom is 0.195 e. The minimum absolute atomic E-state index is 0.119. The number of aromatic nitrogens is 2. The van der Waals surface area contributed by atoms with Gasteiger partial charge in [-0.15, -0.1) is 0 Å². The average Bonchev–Trinajstić information content (AvgIpc) is 3.42. The van der Waals surface area contributed by atoms with Crippen LogP contribution in [0.2, 0.25) is 0 Å². The van der Waals surface area contributed by atoms with E-state index < -0.39 is 6.10 Å². The van der Waals surface area contributed by atoms with Crippen molar-refractivity contribution in [1.29, 1.82) is 10.7 Å². The van der Waals surface area contributed by atoms with Crippen LogP contribution in [-0.2, 0) is 0 Å². The van der Waals surface area contributed by atoms with E-state index in [0.29, 0.717) is 17.9 Å². The highest BCUT2D eigenvalue weighted by molar-refractivity contribution is 5.91. The number of aliphatic hydroxyl groups is 1. The van der Waals surface area contributed by atoms with Crippen molar-refractivity contribution in [3.05, 3.63) is 72.2 Å². The Hall–Kier alpha value is -3.63. The molecule has 2 aromatic carbocycles. The van der Waals surface area contributed by atoms with Crippen molar-refractivity contribution in [3.8, 4) is 17.3 Å². The van der Waals surface area contributed by atoms with Gasteiger partial charge in [0.15, 0.2) is 5.96 Å². The van der Waals surface area contributed by atoms with Crippen LogP contribution < -0.4 is 5.32 Å². The van der Waals surface area contributed by atoms with Gasteiger partial charge in [0.1, 0.15) is 0 Å². The Bertz CT molecular complexity index is 1150. The van der Waals surface area contributed by atoms with Crippen LogP contribution in [0.4, 0.5) is 5.69 Å². The second kappa shape index (κ2) is 8.48. The molecule has 5 rings (SSSR count). The number of rotatable bonds is 4. The van der Waals surface area contributed by atoms with Gasteiger partial charge in [0.2, 0.25) is 0 Å². The van der Waals surface area contributed by atoms with Gasteiger partial charge in [-0.3, -0.25) is 5.41 Å². The largest absolute Gasteiger partial charge is 0.393 e. The predicted molar refractivity (Wildman–Crippen MR) is 123 cm³/mol. The van der Waals surface area contributed by atoms with E-state index in [9.17, 15) is 5.11 Å². The molecular formula is C25H26N6O. The summed E-state index contributed by atoms with van der Waals surface area (Å²) in [7, 11) is 0. The molecule has 0 saturated carbocycles. The highest BCUT2D eigenvalue weighted by Crippen LogP contribution is 2.42. The summed E-state index contributed by atoms with van der Waals surface area (Å²) in [6.07, 6.45) is 5.74. The van der Waals surface area contributed by atoms with E-state index in [4.69, 9.17) is 10.7 Å². The number of nitrogens with zero attached hydrogens (tertiary/aromatic N) is 4. The number of guanidine groups is 1. The smallest absolute Gasteiger partial charge is 0.195 e. The molecule has 0 bridgehead atoms. The van der Waals surface area contributed by atoms with Crippen LogP contribution in [0.5, 0.6) is 0 Å². The SMILES string of the molecule is N#Cc1ccc(NC(=N)N2CCC(C(O)CC3c4ccccc4-c4cncn43)CC2)cc1. The highest BCUT2D eigenvalue weighted by Gasteiger charge is 2.33. The van der Waals surface area contributed by atoms with Crippen molar-refractivity contribution in [2.75, 3.05) is 18.4 Å². The van der Waals surface area contributed by atoms with Gasteiger partial charge in [-0.25, -0.2) is 4.98 Å². The Kier molecular flexibility index (Phi) is 5.38. The van der Waals surface area contributed by atoms with Crippen molar-refractivity contribution < 1.29 is 5.11 Å². The standard InChI is InChI=1S/C25H26N6O/c26-14-17-5-7-19(8-6-17)29-25(27)30-11-9-18(10-12-30)24(32)13-22-20-3-1-2-4-21(20)23-15-28-16-31(22)23/h1-8,15-16,18,22,24,32H,9-13H2,(H2,27,29). The molecule has 1 fully saturated rings. The van der Waals surface area contributed by atoms with Crippen LogP contribution in [0, 0.1) is 22.7 Å². The summed E-state index contributed by atoms with van der Waals surface area (Å²) in [4.78, 5) is 6.33. The van der Waals surface area contributed by atoms with Crippen molar-refractivity contribution in [3.63, 3.8) is 0 Å². The molecule has 3 heterocycles. The number of benzene rings is 2. The third-order valence-electron chi connectivity index (χ3n) is 6.74. The summed E-state index contributed by atoms with van der Waals surface area (Å²) < 4.78 is 2.18. The molecule has 0 radical (unpaired) electrons. The molecule has 2 unspecified atom stereocenters. The molecule has 0 amide bonds. The van der Waals surface area contributed by atoms with Gasteiger partial charge < -0.3 is 19.9 Å². The van der Waals surface area contributed by atoms with Crippen molar-refractivity contribution in [2.45, 2.75) is 31.4 Å². The number of nitriles is 1. The molecule has 0 spiro atoms. The Morgan fingerprint density at radius 3 is 2.69 bits per heavy atom. The van der Waals surface area contributed by atoms with E-state index in [0.717, 1.165) is 37.3 Å². The molecule has 7 nitrogen and oxygen atoms in total. The van der Waals surface area contributed by atoms with Crippen LogP contribution in [0.15, 0.2) is 61.1 Å². The second-order valence-corrected chi connectivity index (χ2v) is 8.58. The first kappa shape index (κ1) is 20.3. The predicted octanol–water partition coefficient (Wildman–Crippen LogP) is 3.83. The molecule has 7 heteroatoms. The first-order chi connectivity index (χ1) is 15.6. The number of aliphatic hydroxyl groups excluding tert-OH is 1. The van der Waals surface area contributed by atoms with Gasteiger partial charge in [-0.2, -0.15) is 5.26 Å². The number of piperidine rings is 1. The summed E-state index contributed by atoms with van der Waals surface area (Å²) in [6.45, 7) is 1.48. The quantitative estimate of drug-likeness (QED) is 0.435. The number of fused-ring (bicyclic) bond motifs is 3. The number of nitrogens with one attached hydrogen (secondary N) is 2. The maximum atomic E-state index is 11.1. The lowest BCUT2D eigenvalue weighted by Crippen LogP contribution is -2.43. The zero-order valence-electron chi connectivity index (χ0n) is 17.8. The zero-order chi connectivity index (χ0) is 22.1. The lowest BCUT2D eigenvalue weighted by atomic mass is 9.86. The van der Waals surface area contributed by atoms with Crippen molar-refractivity contribution >= 4 is 11.6 Å². The molecular weight excluding hydrogens is 400 g/mol. The van der Waals surface area contributed by atoms with Crippen molar-refractivity contribution in [2.24, 2.45) is 5.92 Å². The molecule has 32 heavy (non-hydrogen) atoms. The Labute approximate surface area is 187 Å². The van der Waals surface area contributed by atoms with Gasteiger partial charge in [0.25, 0.3) is 0 Å². The van der Waals surface area contributed by atoms with Crippen LogP contribution in [-0.4, -0.2) is 44.7 Å². The second-order valence-electron chi connectivity index (χ2n) is 8.58. The Morgan fingerprint density at radius 1 is 1.19 bits per heavy atom. The van der Waals surface area contributed by atoms with Gasteiger partial charge in [-0.1, -0.05) is 24.3 Å². The normalized spacial score (nSPS) is 18.5. The zero-order valence-corrected chi connectivity index (χ0v) is 17.8. The summed E-state index contributed by atoms with van der Waals surface area (Å²) >= 11 is 0. The fourth-order valence-electron chi connectivity index (χ4n) is 4.95. The maximum absolute atomic E-state index is 11.1. The van der Waals surface area contributed by atoms with E-state index in [1.807, 2.05) is 35.6 Å². The van der Waals surface area contributed by atoms with Crippen molar-refractivity contribution in [1.82, 2.24) is 14.5 Å². The molecule has 3 N–H and O–H groups in total. The minimum atomic E-state index is -0.399. The number of imidazole rings is 1. The summed E-state index contributed by atoms with van der Waals surface area (Å²) in [5.41, 5.74) is 4.99. The van der Waals surface area contributed by atoms with Gasteiger partial charge in [-0.05, 0) is 55.0 Å². The fourth-order valence-corrected chi connectivity index (χ4v) is 4.95. The van der Waals surface area contributed by atoms with Gasteiger partial charge >= 0.3 is 0 Å². The van der Waals surface area contributed by atoms with E-state index in [1.165, 1.54) is 11.1 Å². The number of anilines is 1. The Balaban J connectivity index is 1.18. The average molecular weight is 427 g/mol. The first-order valence-corrected chi connectivity index (χ1v) is 11.0. The third kappa shape index (κ3) is 3.74. The lowest BCUT2D eigenvalue weighted by molar-refractivity contribution is 0.0595. The first-order valence-electron chi connectivity index (χ1n) is 11.0. The number of hydrogen-bond donors (Lipinski definition) is 3. The number of likely N-dealkylation sites (tertiary alicyclic amines) is 1. The van der Waals surface area contributed by atoms with Crippen LogP contribution in [0.3, 0.4) is 0 Å². The molecule has 3 aromatic rings. The lowest BCUT2D eigenvalue weighted by Gasteiger charge is -2.36. The molecule has 1 aromatic heterocycles. The highest BCUT2D eigenvalue weighted by atomic mass is 16.3. The number of hydrogen-bond acceptors (Lipinski definition) is 4. The van der Waals surface area contributed by atoms with Crippen LogP contribution >= 0.6 is 0 Å². The molecule has 1 saturated heterocycles. The van der Waals surface area contributed by atoms with E-state index >= 15 is 0 Å². The summed E-state index contributed by atoms with van der Waals surface area (Å²) in [5, 5.41) is 31.5. The fraction of sp³-hybridized carbons (Fsp3) is 0.320. The Morgan fingerprint density at radius 2 is 1.94 bits per heavy atom. The molecule has 162 valence electrons. The minimum Gasteiger partial charge on any atom is -0.393 e. The topological polar surface area (TPSA) is 101 Å². The van der Waals surface area contributed by atoms with E-state index in [1.54, 1.807) is 12.1 Å². The summed E-state index contributed by atoms with van der Waals surface area (Å²) in [5.74, 6) is 0.573. The van der Waals surface area contributed by atoms with E-state index in [2.05, 4.69) is 39.1 Å². The molecule has 2 atom stereocenters. The molecule has 2 aliphatic heterocycles. The van der Waals surface area contributed by atoms with Crippen LogP contribution in [0.25, 0.3) is 11.3 Å². The third-order valence-corrected chi connectivity index (χ3v) is 6.74. The van der Waals surface area contributed by atoms with Gasteiger partial charge in [0.05, 0.1) is 42.0 Å². The van der Waals surface area contributed by atoms with Crippen LogP contribution in [0.1, 0.15) is 36.4 Å². The molecule has 2 aliphatic rings. The summed E-state index contributed by atoms with van der Waals surface area (Å²) in [6, 6.07) is 17.7. The molecule has 0 aliphatic carbocycles. The van der Waals surface area contributed by atoms with Gasteiger partial charge in [0, 0.05) is 24.3 Å². The van der Waals surface area contributed by atoms with E-state index in [-0.39, 0.29) is 12.0 Å². The monoisotopic (exact) mass is 426 g/mol.